The Hall–Kier alpha value is -1.88. The molecule has 1 atom stereocenters. The van der Waals surface area contributed by atoms with E-state index in [9.17, 15) is 0 Å². The molecule has 2 heterocycles. The minimum atomic E-state index is 0.291. The van der Waals surface area contributed by atoms with E-state index in [0.717, 1.165) is 43.0 Å². The Bertz CT molecular complexity index is 562. The van der Waals surface area contributed by atoms with E-state index in [0.29, 0.717) is 18.4 Å². The Morgan fingerprint density at radius 1 is 1.30 bits per heavy atom. The van der Waals surface area contributed by atoms with Gasteiger partial charge in [-0.2, -0.15) is 4.98 Å². The number of nitrogens with zero attached hydrogens (tertiary/aromatic N) is 2. The highest BCUT2D eigenvalue weighted by molar-refractivity contribution is 5.33. The van der Waals surface area contributed by atoms with E-state index in [4.69, 9.17) is 14.0 Å². The summed E-state index contributed by atoms with van der Waals surface area (Å²) < 4.78 is 16.0. The van der Waals surface area contributed by atoms with Crippen LogP contribution in [0.4, 0.5) is 0 Å². The summed E-state index contributed by atoms with van der Waals surface area (Å²) in [6.45, 7) is 1.49. The first-order valence-corrected chi connectivity index (χ1v) is 6.89. The number of aromatic nitrogens is 2. The van der Waals surface area contributed by atoms with Gasteiger partial charge in [0, 0.05) is 18.9 Å². The molecule has 0 amide bonds. The molecule has 5 nitrogen and oxygen atoms in total. The molecule has 0 unspecified atom stereocenters. The lowest BCUT2D eigenvalue weighted by Gasteiger charge is -2.06. The molecule has 2 aromatic rings. The van der Waals surface area contributed by atoms with Gasteiger partial charge in [-0.15, -0.1) is 0 Å². The fourth-order valence-electron chi connectivity index (χ4n) is 2.42. The number of ether oxygens (including phenoxy) is 2. The summed E-state index contributed by atoms with van der Waals surface area (Å²) in [5.74, 6) is 2.64. The predicted octanol–water partition coefficient (Wildman–Crippen LogP) is 2.37. The molecule has 0 aliphatic carbocycles. The average molecular weight is 274 g/mol. The van der Waals surface area contributed by atoms with Gasteiger partial charge in [0.1, 0.15) is 5.75 Å². The molecule has 0 saturated carbocycles. The number of hydrogen-bond acceptors (Lipinski definition) is 5. The minimum Gasteiger partial charge on any atom is -0.496 e. The van der Waals surface area contributed by atoms with Crippen LogP contribution in [0.3, 0.4) is 0 Å². The molecule has 106 valence electrons. The first-order valence-electron chi connectivity index (χ1n) is 6.89. The summed E-state index contributed by atoms with van der Waals surface area (Å²) in [4.78, 5) is 4.46. The third kappa shape index (κ3) is 2.82. The van der Waals surface area contributed by atoms with Gasteiger partial charge >= 0.3 is 0 Å². The van der Waals surface area contributed by atoms with E-state index in [2.05, 4.69) is 16.2 Å². The quantitative estimate of drug-likeness (QED) is 0.837. The molecular formula is C15H18N2O3. The van der Waals surface area contributed by atoms with Crippen LogP contribution in [-0.2, 0) is 17.6 Å². The third-order valence-corrected chi connectivity index (χ3v) is 3.58. The van der Waals surface area contributed by atoms with Crippen LogP contribution in [0.1, 0.15) is 29.6 Å². The van der Waals surface area contributed by atoms with Crippen molar-refractivity contribution in [3.63, 3.8) is 0 Å². The first kappa shape index (κ1) is 13.1. The number of para-hydroxylation sites is 1. The van der Waals surface area contributed by atoms with Crippen LogP contribution in [0.25, 0.3) is 0 Å². The van der Waals surface area contributed by atoms with Crippen LogP contribution in [-0.4, -0.2) is 30.5 Å². The van der Waals surface area contributed by atoms with Crippen LogP contribution in [0.15, 0.2) is 28.8 Å². The van der Waals surface area contributed by atoms with Crippen LogP contribution < -0.4 is 4.74 Å². The maximum absolute atomic E-state index is 5.34. The molecule has 3 rings (SSSR count). The van der Waals surface area contributed by atoms with Crippen molar-refractivity contribution in [1.29, 1.82) is 0 Å². The molecule has 1 saturated heterocycles. The Balaban J connectivity index is 1.63. The lowest BCUT2D eigenvalue weighted by atomic mass is 10.1. The van der Waals surface area contributed by atoms with Gasteiger partial charge < -0.3 is 14.0 Å². The van der Waals surface area contributed by atoms with E-state index in [1.165, 1.54) is 0 Å². The van der Waals surface area contributed by atoms with E-state index in [1.54, 1.807) is 7.11 Å². The summed E-state index contributed by atoms with van der Waals surface area (Å²) in [6.07, 6.45) is 2.53. The normalized spacial score (nSPS) is 18.4. The molecule has 20 heavy (non-hydrogen) atoms. The highest BCUT2D eigenvalue weighted by Crippen LogP contribution is 2.23. The topological polar surface area (TPSA) is 57.4 Å². The Labute approximate surface area is 117 Å². The van der Waals surface area contributed by atoms with E-state index in [1.807, 2.05) is 18.2 Å². The van der Waals surface area contributed by atoms with Crippen LogP contribution in [0.2, 0.25) is 0 Å². The predicted molar refractivity (Wildman–Crippen MR) is 72.9 cm³/mol. The molecule has 1 aromatic heterocycles. The van der Waals surface area contributed by atoms with Gasteiger partial charge in [0.05, 0.1) is 13.7 Å². The standard InChI is InChI=1S/C15H18N2O3/c1-18-13-5-3-2-4-11(13)6-7-14-16-15(17-20-14)12-8-9-19-10-12/h2-5,12H,6-10H2,1H3/t12-/m0/s1. The number of rotatable bonds is 5. The van der Waals surface area contributed by atoms with Gasteiger partial charge in [-0.05, 0) is 24.5 Å². The molecule has 0 radical (unpaired) electrons. The molecule has 1 aliphatic heterocycles. The highest BCUT2D eigenvalue weighted by Gasteiger charge is 2.23. The Morgan fingerprint density at radius 3 is 3.00 bits per heavy atom. The molecule has 0 spiro atoms. The highest BCUT2D eigenvalue weighted by atomic mass is 16.5. The van der Waals surface area contributed by atoms with Crippen molar-refractivity contribution in [3.8, 4) is 5.75 Å². The van der Waals surface area contributed by atoms with Crippen LogP contribution in [0.5, 0.6) is 5.75 Å². The zero-order valence-corrected chi connectivity index (χ0v) is 11.5. The largest absolute Gasteiger partial charge is 0.496 e. The first-order chi connectivity index (χ1) is 9.86. The summed E-state index contributed by atoms with van der Waals surface area (Å²) in [7, 11) is 1.68. The van der Waals surface area contributed by atoms with Gasteiger partial charge in [0.15, 0.2) is 5.82 Å². The van der Waals surface area contributed by atoms with E-state index in [-0.39, 0.29) is 0 Å². The zero-order valence-electron chi connectivity index (χ0n) is 11.5. The molecule has 0 N–H and O–H groups in total. The number of methoxy groups -OCH3 is 1. The van der Waals surface area contributed by atoms with Crippen molar-refractivity contribution >= 4 is 0 Å². The van der Waals surface area contributed by atoms with Crippen molar-refractivity contribution in [2.45, 2.75) is 25.2 Å². The molecule has 1 fully saturated rings. The summed E-state index contributed by atoms with van der Waals surface area (Å²) in [5, 5.41) is 4.06. The summed E-state index contributed by atoms with van der Waals surface area (Å²) in [5.41, 5.74) is 1.15. The SMILES string of the molecule is COc1ccccc1CCc1nc([C@H]2CCOC2)no1. The minimum absolute atomic E-state index is 0.291. The van der Waals surface area contributed by atoms with Gasteiger partial charge in [0.2, 0.25) is 5.89 Å². The van der Waals surface area contributed by atoms with Gasteiger partial charge in [-0.1, -0.05) is 23.4 Å². The second-order valence-corrected chi connectivity index (χ2v) is 4.92. The van der Waals surface area contributed by atoms with Crippen molar-refractivity contribution in [3.05, 3.63) is 41.5 Å². The molecule has 5 heteroatoms. The number of aryl methyl sites for hydroxylation is 2. The lowest BCUT2D eigenvalue weighted by Crippen LogP contribution is -2.00. The monoisotopic (exact) mass is 274 g/mol. The summed E-state index contributed by atoms with van der Waals surface area (Å²) in [6, 6.07) is 7.99. The second-order valence-electron chi connectivity index (χ2n) is 4.92. The average Bonchev–Trinajstić information content (AvgIpc) is 3.16. The van der Waals surface area contributed by atoms with Gasteiger partial charge in [-0.3, -0.25) is 0 Å². The van der Waals surface area contributed by atoms with Gasteiger partial charge in [-0.25, -0.2) is 0 Å². The maximum Gasteiger partial charge on any atom is 0.226 e. The number of hydrogen-bond donors (Lipinski definition) is 0. The van der Waals surface area contributed by atoms with Gasteiger partial charge in [0.25, 0.3) is 0 Å². The van der Waals surface area contributed by atoms with Crippen LogP contribution >= 0.6 is 0 Å². The van der Waals surface area contributed by atoms with Crippen LogP contribution in [0, 0.1) is 0 Å². The molecule has 1 aliphatic rings. The second kappa shape index (κ2) is 6.05. The van der Waals surface area contributed by atoms with Crippen molar-refractivity contribution in [2.75, 3.05) is 20.3 Å². The Kier molecular flexibility index (Phi) is 3.97. The van der Waals surface area contributed by atoms with E-state index >= 15 is 0 Å². The van der Waals surface area contributed by atoms with Crippen molar-refractivity contribution < 1.29 is 14.0 Å². The van der Waals surface area contributed by atoms with Crippen molar-refractivity contribution in [1.82, 2.24) is 10.1 Å². The molecule has 1 aromatic carbocycles. The third-order valence-electron chi connectivity index (χ3n) is 3.58. The molecular weight excluding hydrogens is 256 g/mol. The number of benzene rings is 1. The maximum atomic E-state index is 5.34. The Morgan fingerprint density at radius 2 is 2.20 bits per heavy atom. The zero-order chi connectivity index (χ0) is 13.8. The smallest absolute Gasteiger partial charge is 0.226 e. The summed E-state index contributed by atoms with van der Waals surface area (Å²) >= 11 is 0. The van der Waals surface area contributed by atoms with Crippen molar-refractivity contribution in [2.24, 2.45) is 0 Å². The molecule has 0 bridgehead atoms. The fraction of sp³-hybridized carbons (Fsp3) is 0.467. The van der Waals surface area contributed by atoms with E-state index < -0.39 is 0 Å². The fourth-order valence-corrected chi connectivity index (χ4v) is 2.42. The lowest BCUT2D eigenvalue weighted by molar-refractivity contribution is 0.192.